The summed E-state index contributed by atoms with van der Waals surface area (Å²) >= 11 is 0. The Morgan fingerprint density at radius 2 is 1.07 bits per heavy atom. The fourth-order valence-corrected chi connectivity index (χ4v) is 3.74. The zero-order chi connectivity index (χ0) is 33.3. The Kier molecular flexibility index (Phi) is 20.0. The SMILES string of the molecule is CC(C)(CC1CO1)[N+](=O)[O-].CN(CCN(C)CC(O)CC(C)(C)[N+](=O)[O-])CC(O)CC(C)(C)[N+](=O)[O-].CNCCNC. The van der Waals surface area contributed by atoms with Crippen LogP contribution >= 0.6 is 0 Å². The van der Waals surface area contributed by atoms with E-state index in [1.165, 1.54) is 27.7 Å². The Balaban J connectivity index is 0. The van der Waals surface area contributed by atoms with E-state index < -0.39 is 38.7 Å². The van der Waals surface area contributed by atoms with Crippen LogP contribution in [0.25, 0.3) is 0 Å². The minimum atomic E-state index is -1.18. The Labute approximate surface area is 250 Å². The highest BCUT2D eigenvalue weighted by atomic mass is 16.6. The molecule has 1 fully saturated rings. The molecular weight excluding hydrogens is 554 g/mol. The number of hydrogen-bond acceptors (Lipinski definition) is 13. The van der Waals surface area contributed by atoms with Gasteiger partial charge in [-0.3, -0.25) is 30.3 Å². The molecule has 0 radical (unpaired) electrons. The number of ether oxygens (including phenoxy) is 1. The predicted molar refractivity (Wildman–Crippen MR) is 162 cm³/mol. The van der Waals surface area contributed by atoms with Gasteiger partial charge in [-0.15, -0.1) is 0 Å². The van der Waals surface area contributed by atoms with Crippen LogP contribution in [-0.4, -0.2) is 144 Å². The third-order valence-corrected chi connectivity index (χ3v) is 6.62. The number of nitro groups is 3. The van der Waals surface area contributed by atoms with Crippen molar-refractivity contribution in [3.8, 4) is 0 Å². The summed E-state index contributed by atoms with van der Waals surface area (Å²) in [6.07, 6.45) is -0.821. The highest BCUT2D eigenvalue weighted by Crippen LogP contribution is 2.24. The van der Waals surface area contributed by atoms with Crippen molar-refractivity contribution in [2.24, 2.45) is 0 Å². The molecule has 16 nitrogen and oxygen atoms in total. The quantitative estimate of drug-likeness (QED) is 0.0687. The Hall–Kier alpha value is -2.08. The molecule has 0 bridgehead atoms. The van der Waals surface area contributed by atoms with E-state index >= 15 is 0 Å². The van der Waals surface area contributed by atoms with Gasteiger partial charge in [-0.1, -0.05) is 0 Å². The lowest BCUT2D eigenvalue weighted by atomic mass is 9.97. The Bertz CT molecular complexity index is 750. The van der Waals surface area contributed by atoms with Crippen LogP contribution in [0, 0.1) is 30.3 Å². The van der Waals surface area contributed by atoms with Crippen LogP contribution in [0.15, 0.2) is 0 Å². The third kappa shape index (κ3) is 20.7. The van der Waals surface area contributed by atoms with E-state index in [0.717, 1.165) is 13.1 Å². The Morgan fingerprint density at radius 1 is 0.762 bits per heavy atom. The number of hydrogen-bond donors (Lipinski definition) is 4. The zero-order valence-corrected chi connectivity index (χ0v) is 27.3. The Morgan fingerprint density at radius 3 is 1.31 bits per heavy atom. The first-order valence-corrected chi connectivity index (χ1v) is 14.2. The normalized spacial score (nSPS) is 16.6. The first-order chi connectivity index (χ1) is 19.1. The van der Waals surface area contributed by atoms with E-state index in [1.54, 1.807) is 13.8 Å². The van der Waals surface area contributed by atoms with E-state index in [9.17, 15) is 40.6 Å². The topological polar surface area (TPSA) is 213 Å². The van der Waals surface area contributed by atoms with Crippen LogP contribution in [-0.2, 0) is 4.74 Å². The summed E-state index contributed by atoms with van der Waals surface area (Å²) in [5.41, 5.74) is -3.17. The molecule has 0 amide bonds. The summed E-state index contributed by atoms with van der Waals surface area (Å²) < 4.78 is 4.89. The largest absolute Gasteiger partial charge is 0.392 e. The van der Waals surface area contributed by atoms with Gasteiger partial charge in [0.05, 0.1) is 24.9 Å². The fourth-order valence-electron chi connectivity index (χ4n) is 3.74. The van der Waals surface area contributed by atoms with Crippen molar-refractivity contribution in [1.29, 1.82) is 0 Å². The van der Waals surface area contributed by atoms with Crippen molar-refractivity contribution in [3.05, 3.63) is 30.3 Å². The molecule has 0 aromatic heterocycles. The second-order valence-electron chi connectivity index (χ2n) is 12.8. The zero-order valence-electron chi connectivity index (χ0n) is 27.3. The number of epoxide rings is 1. The molecule has 0 aromatic carbocycles. The number of nitrogens with zero attached hydrogens (tertiary/aromatic N) is 5. The van der Waals surface area contributed by atoms with Gasteiger partial charge in [0.2, 0.25) is 16.6 Å². The van der Waals surface area contributed by atoms with Crippen molar-refractivity contribution in [3.63, 3.8) is 0 Å². The summed E-state index contributed by atoms with van der Waals surface area (Å²) in [4.78, 5) is 34.8. The average Bonchev–Trinajstić information content (AvgIpc) is 3.64. The molecule has 1 rings (SSSR count). The van der Waals surface area contributed by atoms with Crippen molar-refractivity contribution in [2.75, 3.05) is 74.1 Å². The van der Waals surface area contributed by atoms with Crippen LogP contribution in [0.3, 0.4) is 0 Å². The summed E-state index contributed by atoms with van der Waals surface area (Å²) in [7, 11) is 7.50. The monoisotopic (exact) mass is 611 g/mol. The van der Waals surface area contributed by atoms with Crippen molar-refractivity contribution in [1.82, 2.24) is 20.4 Å². The molecule has 16 heteroatoms. The maximum Gasteiger partial charge on any atom is 0.219 e. The lowest BCUT2D eigenvalue weighted by Crippen LogP contribution is -2.43. The van der Waals surface area contributed by atoms with Gasteiger partial charge in [0, 0.05) is 115 Å². The number of aliphatic hydroxyl groups excluding tert-OH is 2. The van der Waals surface area contributed by atoms with Gasteiger partial charge in [0.25, 0.3) is 0 Å². The molecule has 0 saturated carbocycles. The molecule has 1 saturated heterocycles. The molecular formula is C26H57N7O9. The molecule has 1 heterocycles. The standard InChI is InChI=1S/C16H34N4O6.C6H11NO3.C4H12N2/c1-15(2,19(23)24)9-13(21)11-17(5)7-8-18(6)12-14(22)10-16(3,4)20(25)26;1-6(2,7(8)9)3-5-4-10-5;1-5-3-4-6-2/h13-14,21-22H,7-12H2,1-6H3;5H,3-4H2,1-2H3;5-6H,3-4H2,1-2H3. The first kappa shape index (κ1) is 42.1. The molecule has 1 aliphatic rings. The van der Waals surface area contributed by atoms with Gasteiger partial charge in [0.15, 0.2) is 0 Å². The molecule has 3 unspecified atom stereocenters. The molecule has 1 aliphatic heterocycles. The lowest BCUT2D eigenvalue weighted by molar-refractivity contribution is -0.563. The number of rotatable bonds is 19. The second kappa shape index (κ2) is 20.0. The van der Waals surface area contributed by atoms with Crippen LogP contribution in [0.4, 0.5) is 0 Å². The van der Waals surface area contributed by atoms with E-state index in [-0.39, 0.29) is 23.9 Å². The maximum atomic E-state index is 10.9. The van der Waals surface area contributed by atoms with Crippen LogP contribution < -0.4 is 10.6 Å². The van der Waals surface area contributed by atoms with Gasteiger partial charge < -0.3 is 35.4 Å². The number of nitrogens with one attached hydrogen (secondary N) is 2. The van der Waals surface area contributed by atoms with E-state index in [4.69, 9.17) is 4.74 Å². The van der Waals surface area contributed by atoms with Crippen molar-refractivity contribution < 1.29 is 29.7 Å². The molecule has 250 valence electrons. The smallest absolute Gasteiger partial charge is 0.219 e. The molecule has 4 N–H and O–H groups in total. The molecule has 0 aliphatic carbocycles. The molecule has 3 atom stereocenters. The second-order valence-corrected chi connectivity index (χ2v) is 12.8. The molecule has 42 heavy (non-hydrogen) atoms. The number of likely N-dealkylation sites (N-methyl/N-ethyl adjacent to an activating group) is 4. The van der Waals surface area contributed by atoms with E-state index in [0.29, 0.717) is 39.2 Å². The van der Waals surface area contributed by atoms with Crippen LogP contribution in [0.5, 0.6) is 0 Å². The van der Waals surface area contributed by atoms with E-state index in [1.807, 2.05) is 38.0 Å². The lowest BCUT2D eigenvalue weighted by Gasteiger charge is -2.27. The minimum Gasteiger partial charge on any atom is -0.392 e. The molecule has 0 aromatic rings. The molecule has 0 spiro atoms. The average molecular weight is 612 g/mol. The van der Waals surface area contributed by atoms with Crippen LogP contribution in [0.1, 0.15) is 60.8 Å². The summed E-state index contributed by atoms with van der Waals surface area (Å²) in [6, 6.07) is 0. The maximum absolute atomic E-state index is 10.9. The van der Waals surface area contributed by atoms with Gasteiger partial charge in [-0.05, 0) is 28.2 Å². The summed E-state index contributed by atoms with van der Waals surface area (Å²) in [5.74, 6) is 0. The highest BCUT2D eigenvalue weighted by Gasteiger charge is 2.39. The van der Waals surface area contributed by atoms with Crippen LogP contribution in [0.2, 0.25) is 0 Å². The third-order valence-electron chi connectivity index (χ3n) is 6.62. The van der Waals surface area contributed by atoms with E-state index in [2.05, 4.69) is 10.6 Å². The fraction of sp³-hybridized carbons (Fsp3) is 1.00. The highest BCUT2D eigenvalue weighted by molar-refractivity contribution is 4.79. The van der Waals surface area contributed by atoms with Gasteiger partial charge >= 0.3 is 0 Å². The van der Waals surface area contributed by atoms with Crippen molar-refractivity contribution >= 4 is 0 Å². The minimum absolute atomic E-state index is 0.0644. The van der Waals surface area contributed by atoms with Gasteiger partial charge in [-0.25, -0.2) is 0 Å². The first-order valence-electron chi connectivity index (χ1n) is 14.2. The van der Waals surface area contributed by atoms with Crippen molar-refractivity contribution in [2.45, 2.75) is 95.7 Å². The van der Waals surface area contributed by atoms with Gasteiger partial charge in [0.1, 0.15) is 0 Å². The summed E-state index contributed by atoms with van der Waals surface area (Å²) in [5, 5.41) is 58.2. The van der Waals surface area contributed by atoms with Gasteiger partial charge in [-0.2, -0.15) is 0 Å². The number of aliphatic hydroxyl groups is 2. The summed E-state index contributed by atoms with van der Waals surface area (Å²) in [6.45, 7) is 13.8. The predicted octanol–water partition coefficient (Wildman–Crippen LogP) is 0.718.